The maximum absolute atomic E-state index is 13.0. The lowest BCUT2D eigenvalue weighted by molar-refractivity contribution is -0.137. The minimum atomic E-state index is -4.53. The van der Waals surface area contributed by atoms with Crippen molar-refractivity contribution in [2.75, 3.05) is 0 Å². The van der Waals surface area contributed by atoms with E-state index in [1.54, 1.807) is 26.0 Å². The van der Waals surface area contributed by atoms with Crippen LogP contribution in [0.3, 0.4) is 0 Å². The SMILES string of the molecule is Cc1nn(C)c(Oc2cccc(C(F)(F)F)c2)c1C(=O)N[C@@H](C)c1ccc(C(=O)O)cc1. The number of carbonyl (C=O) groups excluding carboxylic acids is 1. The van der Waals surface area contributed by atoms with Crippen molar-refractivity contribution in [3.8, 4) is 11.6 Å². The van der Waals surface area contributed by atoms with E-state index in [1.807, 2.05) is 0 Å². The number of carbonyl (C=O) groups is 2. The highest BCUT2D eigenvalue weighted by atomic mass is 19.4. The number of hydrogen-bond acceptors (Lipinski definition) is 4. The Hall–Kier alpha value is -3.82. The van der Waals surface area contributed by atoms with Gasteiger partial charge in [-0.05, 0) is 49.7 Å². The second-order valence-electron chi connectivity index (χ2n) is 7.14. The van der Waals surface area contributed by atoms with E-state index < -0.39 is 29.7 Å². The third-order valence-electron chi connectivity index (χ3n) is 4.78. The Balaban J connectivity index is 1.84. The summed E-state index contributed by atoms with van der Waals surface area (Å²) in [6.45, 7) is 3.30. The summed E-state index contributed by atoms with van der Waals surface area (Å²) < 4.78 is 45.9. The Bertz CT molecular complexity index is 1150. The number of aromatic carboxylic acids is 1. The zero-order valence-electron chi connectivity index (χ0n) is 17.4. The topological polar surface area (TPSA) is 93.5 Å². The second-order valence-corrected chi connectivity index (χ2v) is 7.14. The van der Waals surface area contributed by atoms with Crippen molar-refractivity contribution in [2.45, 2.75) is 26.1 Å². The van der Waals surface area contributed by atoms with Crippen LogP contribution in [0.4, 0.5) is 13.2 Å². The van der Waals surface area contributed by atoms with Gasteiger partial charge in [-0.2, -0.15) is 18.3 Å². The lowest BCUT2D eigenvalue weighted by Gasteiger charge is -2.16. The van der Waals surface area contributed by atoms with Gasteiger partial charge in [-0.15, -0.1) is 0 Å². The standard InChI is InChI=1S/C22H20F3N3O4/c1-12(14-7-9-15(10-8-14)21(30)31)26-19(29)18-13(2)27-28(3)20(18)32-17-6-4-5-16(11-17)22(23,24)25/h4-12H,1-3H3,(H,26,29)(H,30,31)/t12-/m0/s1. The number of carboxylic acid groups (broad SMARTS) is 1. The number of nitrogens with one attached hydrogen (secondary N) is 1. The highest BCUT2D eigenvalue weighted by Crippen LogP contribution is 2.34. The smallest absolute Gasteiger partial charge is 0.416 e. The summed E-state index contributed by atoms with van der Waals surface area (Å²) in [5.74, 6) is -1.69. The van der Waals surface area contributed by atoms with Crippen LogP contribution in [-0.2, 0) is 13.2 Å². The summed E-state index contributed by atoms with van der Waals surface area (Å²) in [4.78, 5) is 23.9. The van der Waals surface area contributed by atoms with E-state index in [0.717, 1.165) is 12.1 Å². The van der Waals surface area contributed by atoms with Crippen LogP contribution in [0.25, 0.3) is 0 Å². The quantitative estimate of drug-likeness (QED) is 0.570. The van der Waals surface area contributed by atoms with Crippen molar-refractivity contribution in [1.29, 1.82) is 0 Å². The molecule has 0 unspecified atom stereocenters. The Morgan fingerprint density at radius 1 is 1.16 bits per heavy atom. The fourth-order valence-corrected chi connectivity index (χ4v) is 3.13. The summed E-state index contributed by atoms with van der Waals surface area (Å²) in [7, 11) is 1.51. The summed E-state index contributed by atoms with van der Waals surface area (Å²) in [6.07, 6.45) is -4.53. The van der Waals surface area contributed by atoms with Gasteiger partial charge in [0.05, 0.1) is 22.9 Å². The van der Waals surface area contributed by atoms with Gasteiger partial charge in [-0.25, -0.2) is 9.48 Å². The van der Waals surface area contributed by atoms with Crippen molar-refractivity contribution in [3.05, 3.63) is 76.5 Å². The molecule has 32 heavy (non-hydrogen) atoms. The van der Waals surface area contributed by atoms with Gasteiger partial charge >= 0.3 is 12.1 Å². The molecule has 7 nitrogen and oxygen atoms in total. The minimum Gasteiger partial charge on any atom is -0.478 e. The van der Waals surface area contributed by atoms with Gasteiger partial charge in [0.2, 0.25) is 5.88 Å². The van der Waals surface area contributed by atoms with Crippen LogP contribution in [0.15, 0.2) is 48.5 Å². The average molecular weight is 447 g/mol. The highest BCUT2D eigenvalue weighted by Gasteiger charge is 2.31. The summed E-state index contributed by atoms with van der Waals surface area (Å²) in [5.41, 5.74) is 0.329. The predicted molar refractivity (Wildman–Crippen MR) is 109 cm³/mol. The van der Waals surface area contributed by atoms with E-state index in [0.29, 0.717) is 11.3 Å². The number of benzene rings is 2. The van der Waals surface area contributed by atoms with E-state index in [-0.39, 0.29) is 22.8 Å². The normalized spacial score (nSPS) is 12.3. The lowest BCUT2D eigenvalue weighted by atomic mass is 10.1. The Labute approximate surface area is 181 Å². The molecule has 0 aliphatic rings. The number of hydrogen-bond donors (Lipinski definition) is 2. The molecule has 0 bridgehead atoms. The molecule has 1 aromatic heterocycles. The molecular weight excluding hydrogens is 427 g/mol. The van der Waals surface area contributed by atoms with Crippen LogP contribution in [0.5, 0.6) is 11.6 Å². The first-order valence-electron chi connectivity index (χ1n) is 9.50. The van der Waals surface area contributed by atoms with Crippen LogP contribution >= 0.6 is 0 Å². The van der Waals surface area contributed by atoms with E-state index in [9.17, 15) is 22.8 Å². The summed E-state index contributed by atoms with van der Waals surface area (Å²) in [6, 6.07) is 9.88. The van der Waals surface area contributed by atoms with Crippen molar-refractivity contribution < 1.29 is 32.6 Å². The molecule has 0 spiro atoms. The van der Waals surface area contributed by atoms with Crippen molar-refractivity contribution >= 4 is 11.9 Å². The first-order valence-corrected chi connectivity index (χ1v) is 9.50. The van der Waals surface area contributed by atoms with Crippen LogP contribution in [-0.4, -0.2) is 26.8 Å². The van der Waals surface area contributed by atoms with Crippen LogP contribution in [0.2, 0.25) is 0 Å². The van der Waals surface area contributed by atoms with E-state index in [2.05, 4.69) is 10.4 Å². The van der Waals surface area contributed by atoms with Gasteiger partial charge in [0.1, 0.15) is 11.3 Å². The second kappa shape index (κ2) is 8.74. The van der Waals surface area contributed by atoms with Gasteiger partial charge in [-0.1, -0.05) is 18.2 Å². The largest absolute Gasteiger partial charge is 0.478 e. The Morgan fingerprint density at radius 3 is 2.41 bits per heavy atom. The third kappa shape index (κ3) is 4.90. The third-order valence-corrected chi connectivity index (χ3v) is 4.78. The molecule has 0 fully saturated rings. The van der Waals surface area contributed by atoms with Gasteiger partial charge in [0, 0.05) is 7.05 Å². The van der Waals surface area contributed by atoms with Gasteiger partial charge in [0.25, 0.3) is 5.91 Å². The van der Waals surface area contributed by atoms with E-state index in [4.69, 9.17) is 9.84 Å². The molecule has 0 aliphatic carbocycles. The maximum Gasteiger partial charge on any atom is 0.416 e. The zero-order valence-corrected chi connectivity index (χ0v) is 17.4. The fourth-order valence-electron chi connectivity index (χ4n) is 3.13. The molecule has 0 saturated carbocycles. The number of rotatable bonds is 6. The molecule has 168 valence electrons. The highest BCUT2D eigenvalue weighted by molar-refractivity contribution is 5.98. The van der Waals surface area contributed by atoms with Gasteiger partial charge < -0.3 is 15.2 Å². The number of aromatic nitrogens is 2. The summed E-state index contributed by atoms with van der Waals surface area (Å²) >= 11 is 0. The van der Waals surface area contributed by atoms with E-state index in [1.165, 1.54) is 36.0 Å². The molecule has 0 radical (unpaired) electrons. The van der Waals surface area contributed by atoms with Gasteiger partial charge in [-0.3, -0.25) is 4.79 Å². The van der Waals surface area contributed by atoms with Crippen molar-refractivity contribution in [2.24, 2.45) is 7.05 Å². The number of ether oxygens (including phenoxy) is 1. The van der Waals surface area contributed by atoms with E-state index >= 15 is 0 Å². The molecule has 3 aromatic rings. The number of aryl methyl sites for hydroxylation is 2. The number of amides is 1. The van der Waals surface area contributed by atoms with Crippen LogP contribution in [0.1, 0.15) is 50.5 Å². The fraction of sp³-hybridized carbons (Fsp3) is 0.227. The number of halogens is 3. The zero-order chi connectivity index (χ0) is 23.6. The molecule has 2 aromatic carbocycles. The summed E-state index contributed by atoms with van der Waals surface area (Å²) in [5, 5.41) is 15.9. The first-order chi connectivity index (χ1) is 15.0. The van der Waals surface area contributed by atoms with Crippen LogP contribution < -0.4 is 10.1 Å². The van der Waals surface area contributed by atoms with Gasteiger partial charge in [0.15, 0.2) is 0 Å². The molecule has 1 heterocycles. The van der Waals surface area contributed by atoms with Crippen molar-refractivity contribution in [3.63, 3.8) is 0 Å². The predicted octanol–water partition coefficient (Wildman–Crippen LogP) is 4.73. The minimum absolute atomic E-state index is 0.00671. The Kier molecular flexibility index (Phi) is 6.24. The van der Waals surface area contributed by atoms with Crippen molar-refractivity contribution in [1.82, 2.24) is 15.1 Å². The first kappa shape index (κ1) is 22.9. The lowest BCUT2D eigenvalue weighted by Crippen LogP contribution is -2.27. The average Bonchev–Trinajstić information content (AvgIpc) is 3.00. The molecule has 1 amide bonds. The number of nitrogens with zero attached hydrogens (tertiary/aromatic N) is 2. The molecular formula is C22H20F3N3O4. The number of carboxylic acids is 1. The molecule has 0 saturated heterocycles. The molecule has 2 N–H and O–H groups in total. The Morgan fingerprint density at radius 2 is 1.81 bits per heavy atom. The van der Waals surface area contributed by atoms with Crippen LogP contribution in [0, 0.1) is 6.92 Å². The number of alkyl halides is 3. The molecule has 0 aliphatic heterocycles. The molecule has 1 atom stereocenters. The maximum atomic E-state index is 13.0. The monoisotopic (exact) mass is 447 g/mol. The molecule has 3 rings (SSSR count). The molecule has 10 heteroatoms.